The molecule has 4 heteroatoms. The summed E-state index contributed by atoms with van der Waals surface area (Å²) in [5, 5.41) is 0. The molecular formula is C15H16F3N. The molecule has 0 aliphatic rings. The molecular weight excluding hydrogens is 251 g/mol. The Balaban J connectivity index is 3.04. The minimum absolute atomic E-state index is 0.147. The fourth-order valence-electron chi connectivity index (χ4n) is 1.58. The Morgan fingerprint density at radius 3 is 2.58 bits per heavy atom. The van der Waals surface area contributed by atoms with Gasteiger partial charge in [-0.15, -0.1) is 0 Å². The lowest BCUT2D eigenvalue weighted by molar-refractivity contribution is -0.139. The number of alkyl halides is 3. The van der Waals surface area contributed by atoms with E-state index in [-0.39, 0.29) is 5.56 Å². The molecule has 0 fully saturated rings. The Bertz CT molecular complexity index is 470. The van der Waals surface area contributed by atoms with Crippen LogP contribution in [0.2, 0.25) is 0 Å². The summed E-state index contributed by atoms with van der Waals surface area (Å²) in [6.07, 6.45) is 6.53. The molecule has 102 valence electrons. The Hall–Kier alpha value is -1.84. The van der Waals surface area contributed by atoms with Gasteiger partial charge in [0.05, 0.1) is 5.92 Å². The average molecular weight is 267 g/mol. The van der Waals surface area contributed by atoms with Crippen molar-refractivity contribution < 1.29 is 13.2 Å². The van der Waals surface area contributed by atoms with Crippen molar-refractivity contribution in [2.75, 3.05) is 0 Å². The first kappa shape index (κ1) is 15.2. The van der Waals surface area contributed by atoms with E-state index >= 15 is 0 Å². The summed E-state index contributed by atoms with van der Waals surface area (Å²) in [6, 6.07) is 2.94. The van der Waals surface area contributed by atoms with Crippen LogP contribution in [0.1, 0.15) is 25.3 Å². The topological polar surface area (TPSA) is 12.9 Å². The highest BCUT2D eigenvalue weighted by molar-refractivity contribution is 5.29. The van der Waals surface area contributed by atoms with Crippen LogP contribution in [0.3, 0.4) is 0 Å². The standard InChI is InChI=1S/C15H16F3N/c1-3-4-5-7-12(2)10-14(15(16,17)18)13-8-6-9-19-11-13/h3-11,14H,1-2H3/b4-3-,7-5-,12-10-. The minimum Gasteiger partial charge on any atom is -0.264 e. The van der Waals surface area contributed by atoms with Crippen molar-refractivity contribution in [3.8, 4) is 0 Å². The highest BCUT2D eigenvalue weighted by atomic mass is 19.4. The first-order valence-corrected chi connectivity index (χ1v) is 5.89. The van der Waals surface area contributed by atoms with Gasteiger partial charge in [-0.05, 0) is 25.5 Å². The second-order valence-electron chi connectivity index (χ2n) is 4.10. The van der Waals surface area contributed by atoms with E-state index in [0.29, 0.717) is 5.57 Å². The lowest BCUT2D eigenvalue weighted by Gasteiger charge is -2.17. The van der Waals surface area contributed by atoms with Gasteiger partial charge in [-0.1, -0.05) is 42.0 Å². The third-order valence-corrected chi connectivity index (χ3v) is 2.49. The zero-order chi connectivity index (χ0) is 14.3. The molecule has 1 atom stereocenters. The van der Waals surface area contributed by atoms with Crippen molar-refractivity contribution >= 4 is 0 Å². The summed E-state index contributed by atoms with van der Waals surface area (Å²) < 4.78 is 39.1. The molecule has 0 radical (unpaired) electrons. The molecule has 0 bridgehead atoms. The van der Waals surface area contributed by atoms with Gasteiger partial charge in [-0.25, -0.2) is 0 Å². The molecule has 1 heterocycles. The molecule has 0 amide bonds. The number of hydrogen-bond donors (Lipinski definition) is 0. The van der Waals surface area contributed by atoms with Gasteiger partial charge in [0.1, 0.15) is 0 Å². The molecule has 1 unspecified atom stereocenters. The smallest absolute Gasteiger partial charge is 0.264 e. The number of rotatable bonds is 4. The van der Waals surface area contributed by atoms with Gasteiger partial charge in [0.2, 0.25) is 0 Å². The Morgan fingerprint density at radius 2 is 2.05 bits per heavy atom. The maximum absolute atomic E-state index is 13.0. The number of hydrogen-bond acceptors (Lipinski definition) is 1. The summed E-state index contributed by atoms with van der Waals surface area (Å²) in [7, 11) is 0. The molecule has 0 aromatic carbocycles. The summed E-state index contributed by atoms with van der Waals surface area (Å²) in [4.78, 5) is 3.74. The molecule has 19 heavy (non-hydrogen) atoms. The van der Waals surface area contributed by atoms with E-state index in [4.69, 9.17) is 0 Å². The monoisotopic (exact) mass is 267 g/mol. The normalized spacial score (nSPS) is 15.3. The third kappa shape index (κ3) is 5.12. The zero-order valence-electron chi connectivity index (χ0n) is 10.9. The van der Waals surface area contributed by atoms with Crippen molar-refractivity contribution in [3.05, 3.63) is 66.0 Å². The number of nitrogens with zero attached hydrogens (tertiary/aromatic N) is 1. The van der Waals surface area contributed by atoms with Gasteiger partial charge in [0, 0.05) is 12.4 Å². The number of halogens is 3. The second-order valence-corrected chi connectivity index (χ2v) is 4.10. The van der Waals surface area contributed by atoms with Gasteiger partial charge < -0.3 is 0 Å². The fourth-order valence-corrected chi connectivity index (χ4v) is 1.58. The van der Waals surface area contributed by atoms with Crippen LogP contribution in [0.15, 0.2) is 60.5 Å². The molecule has 0 N–H and O–H groups in total. The van der Waals surface area contributed by atoms with Crippen LogP contribution in [-0.2, 0) is 0 Å². The zero-order valence-corrected chi connectivity index (χ0v) is 10.9. The summed E-state index contributed by atoms with van der Waals surface area (Å²) in [5.41, 5.74) is 0.707. The number of pyridine rings is 1. The molecule has 1 nitrogen and oxygen atoms in total. The average Bonchev–Trinajstić information content (AvgIpc) is 2.36. The minimum atomic E-state index is -4.32. The van der Waals surface area contributed by atoms with Crippen molar-refractivity contribution in [2.45, 2.75) is 25.9 Å². The van der Waals surface area contributed by atoms with E-state index < -0.39 is 12.1 Å². The Labute approximate surface area is 111 Å². The lowest BCUT2D eigenvalue weighted by Crippen LogP contribution is -2.19. The highest BCUT2D eigenvalue weighted by Gasteiger charge is 2.39. The lowest BCUT2D eigenvalue weighted by atomic mass is 9.97. The highest BCUT2D eigenvalue weighted by Crippen LogP contribution is 2.36. The van der Waals surface area contributed by atoms with Crippen molar-refractivity contribution in [1.29, 1.82) is 0 Å². The van der Waals surface area contributed by atoms with Gasteiger partial charge in [-0.2, -0.15) is 13.2 Å². The van der Waals surface area contributed by atoms with Gasteiger partial charge in [-0.3, -0.25) is 4.98 Å². The predicted octanol–water partition coefficient (Wildman–Crippen LogP) is 4.81. The molecule has 1 aromatic heterocycles. The van der Waals surface area contributed by atoms with Gasteiger partial charge in [0.15, 0.2) is 0 Å². The van der Waals surface area contributed by atoms with Crippen LogP contribution in [-0.4, -0.2) is 11.2 Å². The molecule has 0 saturated heterocycles. The molecule has 0 saturated carbocycles. The fraction of sp³-hybridized carbons (Fsp3) is 0.267. The molecule has 0 aliphatic heterocycles. The van der Waals surface area contributed by atoms with E-state index in [1.807, 2.05) is 13.0 Å². The summed E-state index contributed by atoms with van der Waals surface area (Å²) in [5.74, 6) is -1.63. The first-order chi connectivity index (χ1) is 8.95. The van der Waals surface area contributed by atoms with Gasteiger partial charge in [0.25, 0.3) is 0 Å². The van der Waals surface area contributed by atoms with Crippen LogP contribution in [0.25, 0.3) is 0 Å². The molecule has 1 rings (SSSR count). The third-order valence-electron chi connectivity index (χ3n) is 2.49. The molecule has 1 aromatic rings. The summed E-state index contributed by atoms with van der Waals surface area (Å²) >= 11 is 0. The molecule has 0 spiro atoms. The van der Waals surface area contributed by atoms with Gasteiger partial charge >= 0.3 is 6.18 Å². The van der Waals surface area contributed by atoms with E-state index in [9.17, 15) is 13.2 Å². The van der Waals surface area contributed by atoms with E-state index in [2.05, 4.69) is 4.98 Å². The maximum Gasteiger partial charge on any atom is 0.399 e. The van der Waals surface area contributed by atoms with Crippen LogP contribution in [0, 0.1) is 0 Å². The quantitative estimate of drug-likeness (QED) is 0.714. The Kier molecular flexibility index (Phi) is 5.55. The maximum atomic E-state index is 13.0. The van der Waals surface area contributed by atoms with E-state index in [1.54, 1.807) is 25.2 Å². The van der Waals surface area contributed by atoms with Crippen molar-refractivity contribution in [3.63, 3.8) is 0 Å². The predicted molar refractivity (Wildman–Crippen MR) is 70.7 cm³/mol. The van der Waals surface area contributed by atoms with E-state index in [1.165, 1.54) is 30.6 Å². The van der Waals surface area contributed by atoms with Crippen molar-refractivity contribution in [1.82, 2.24) is 4.98 Å². The first-order valence-electron chi connectivity index (χ1n) is 5.89. The van der Waals surface area contributed by atoms with Crippen molar-refractivity contribution in [2.24, 2.45) is 0 Å². The van der Waals surface area contributed by atoms with E-state index in [0.717, 1.165) is 0 Å². The largest absolute Gasteiger partial charge is 0.399 e. The van der Waals surface area contributed by atoms with Crippen LogP contribution >= 0.6 is 0 Å². The SMILES string of the molecule is C\C=C/C=C\C(C)=C/C(c1cccnc1)C(F)(F)F. The molecule has 0 aliphatic carbocycles. The van der Waals surface area contributed by atoms with Crippen LogP contribution < -0.4 is 0 Å². The van der Waals surface area contributed by atoms with Crippen LogP contribution in [0.4, 0.5) is 13.2 Å². The Morgan fingerprint density at radius 1 is 1.32 bits per heavy atom. The summed E-state index contributed by atoms with van der Waals surface area (Å²) in [6.45, 7) is 3.49. The van der Waals surface area contributed by atoms with Crippen LogP contribution in [0.5, 0.6) is 0 Å². The number of allylic oxidation sites excluding steroid dienone is 6. The number of aromatic nitrogens is 1. The second kappa shape index (κ2) is 6.92.